The molecule has 10 heteroatoms. The molecule has 3 rings (SSSR count). The molecular weight excluding hydrogens is 357 g/mol. The highest BCUT2D eigenvalue weighted by molar-refractivity contribution is 7.92. The fourth-order valence-electron chi connectivity index (χ4n) is 3.81. The molecule has 0 saturated carbocycles. The third-order valence-corrected chi connectivity index (χ3v) is 6.75. The Balaban J connectivity index is 1.96. The molecule has 2 aliphatic heterocycles. The molecule has 0 aromatic carbocycles. The van der Waals surface area contributed by atoms with Crippen LogP contribution in [0.3, 0.4) is 0 Å². The monoisotopic (exact) mass is 376 g/mol. The summed E-state index contributed by atoms with van der Waals surface area (Å²) in [6, 6.07) is 0.799. The molecule has 2 saturated heterocycles. The number of hydrogen-bond acceptors (Lipinski definition) is 5. The topological polar surface area (TPSA) is 87.0 Å². The van der Waals surface area contributed by atoms with Gasteiger partial charge in [0.2, 0.25) is 5.82 Å². The number of nitrogens with zero attached hydrogens (tertiary/aromatic N) is 3. The smallest absolute Gasteiger partial charge is 0.329 e. The van der Waals surface area contributed by atoms with Crippen molar-refractivity contribution in [1.29, 1.82) is 4.78 Å². The number of aromatic nitrogens is 2. The van der Waals surface area contributed by atoms with E-state index in [0.29, 0.717) is 38.0 Å². The maximum absolute atomic E-state index is 13.0. The van der Waals surface area contributed by atoms with Gasteiger partial charge in [-0.3, -0.25) is 9.57 Å². The lowest BCUT2D eigenvalue weighted by Crippen LogP contribution is -2.54. The van der Waals surface area contributed by atoms with Gasteiger partial charge in [-0.1, -0.05) is 0 Å². The van der Waals surface area contributed by atoms with Crippen LogP contribution in [0.4, 0.5) is 13.2 Å². The molecule has 0 bridgehead atoms. The molecule has 2 aliphatic rings. The van der Waals surface area contributed by atoms with Gasteiger partial charge in [-0.05, 0) is 38.7 Å². The lowest BCUT2D eigenvalue weighted by atomic mass is 9.92. The Morgan fingerprint density at radius 1 is 1.32 bits per heavy atom. The lowest BCUT2D eigenvalue weighted by Gasteiger charge is -2.41. The van der Waals surface area contributed by atoms with Crippen molar-refractivity contribution in [3.63, 3.8) is 0 Å². The molecule has 3 heterocycles. The van der Waals surface area contributed by atoms with Gasteiger partial charge < -0.3 is 4.90 Å². The second kappa shape index (κ2) is 5.93. The van der Waals surface area contributed by atoms with E-state index in [-0.39, 0.29) is 11.4 Å². The Labute approximate surface area is 143 Å². The van der Waals surface area contributed by atoms with Crippen molar-refractivity contribution in [2.45, 2.75) is 44.3 Å². The largest absolute Gasteiger partial charge is 0.433 e. The van der Waals surface area contributed by atoms with Crippen LogP contribution in [0.5, 0.6) is 0 Å². The van der Waals surface area contributed by atoms with Gasteiger partial charge in [0, 0.05) is 27.7 Å². The number of aryl methyl sites for hydroxylation is 1. The zero-order valence-electron chi connectivity index (χ0n) is 13.7. The molecule has 2 fully saturated rings. The molecule has 1 N–H and O–H groups in total. The minimum atomic E-state index is -4.66. The van der Waals surface area contributed by atoms with Crippen LogP contribution in [-0.4, -0.2) is 48.6 Å². The zero-order chi connectivity index (χ0) is 18.5. The van der Waals surface area contributed by atoms with E-state index in [2.05, 4.69) is 9.97 Å². The van der Waals surface area contributed by atoms with E-state index >= 15 is 0 Å². The SMILES string of the molecule is Cc1cc(C(F)(F)F)nc(C(=O)N2CCCC23CCCS(=N)(=O)C3)n1. The number of carbonyl (C=O) groups is 1. The number of halogens is 3. The van der Waals surface area contributed by atoms with Crippen LogP contribution in [0, 0.1) is 11.7 Å². The highest BCUT2D eigenvalue weighted by atomic mass is 32.2. The van der Waals surface area contributed by atoms with Crippen molar-refractivity contribution in [2.24, 2.45) is 0 Å². The molecule has 2 unspecified atom stereocenters. The van der Waals surface area contributed by atoms with Gasteiger partial charge in [0.05, 0.1) is 11.3 Å². The number of alkyl halides is 3. The molecule has 1 aromatic rings. The van der Waals surface area contributed by atoms with Gasteiger partial charge in [-0.2, -0.15) is 13.2 Å². The molecule has 6 nitrogen and oxygen atoms in total. The van der Waals surface area contributed by atoms with Crippen molar-refractivity contribution in [1.82, 2.24) is 14.9 Å². The van der Waals surface area contributed by atoms with Crippen LogP contribution in [0.25, 0.3) is 0 Å². The fourth-order valence-corrected chi connectivity index (χ4v) is 5.88. The summed E-state index contributed by atoms with van der Waals surface area (Å²) in [6.07, 6.45) is -2.22. The first-order valence-corrected chi connectivity index (χ1v) is 9.91. The summed E-state index contributed by atoms with van der Waals surface area (Å²) in [5.41, 5.74) is -1.81. The summed E-state index contributed by atoms with van der Waals surface area (Å²) in [5.74, 6) is -0.793. The minimum Gasteiger partial charge on any atom is -0.329 e. The third-order valence-electron chi connectivity index (χ3n) is 4.80. The van der Waals surface area contributed by atoms with Crippen LogP contribution in [-0.2, 0) is 15.9 Å². The standard InChI is InChI=1S/C15H19F3N4O2S/c1-10-8-11(15(16,17)18)21-12(20-10)13(23)22-6-2-4-14(22)5-3-7-25(19,24)9-14/h8,19H,2-7,9H2,1H3. The summed E-state index contributed by atoms with van der Waals surface area (Å²) in [5, 5.41) is 0. The first kappa shape index (κ1) is 18.1. The summed E-state index contributed by atoms with van der Waals surface area (Å²) in [7, 11) is -2.78. The Morgan fingerprint density at radius 3 is 2.64 bits per heavy atom. The molecule has 0 aliphatic carbocycles. The van der Waals surface area contributed by atoms with Gasteiger partial charge in [-0.15, -0.1) is 0 Å². The molecule has 1 amide bonds. The number of carbonyl (C=O) groups excluding carboxylic acids is 1. The molecule has 1 aromatic heterocycles. The zero-order valence-corrected chi connectivity index (χ0v) is 14.5. The van der Waals surface area contributed by atoms with Crippen LogP contribution >= 0.6 is 0 Å². The van der Waals surface area contributed by atoms with E-state index in [1.807, 2.05) is 0 Å². The van der Waals surface area contributed by atoms with Crippen molar-refractivity contribution in [3.8, 4) is 0 Å². The number of rotatable bonds is 1. The Hall–Kier alpha value is -1.71. The molecular formula is C15H19F3N4O2S. The minimum absolute atomic E-state index is 0.0619. The second-order valence-corrected chi connectivity index (χ2v) is 9.09. The van der Waals surface area contributed by atoms with E-state index < -0.39 is 38.9 Å². The van der Waals surface area contributed by atoms with Crippen molar-refractivity contribution >= 4 is 15.6 Å². The second-order valence-electron chi connectivity index (χ2n) is 6.76. The van der Waals surface area contributed by atoms with Crippen LogP contribution in [0.1, 0.15) is 47.7 Å². The van der Waals surface area contributed by atoms with Crippen LogP contribution in [0.2, 0.25) is 0 Å². The van der Waals surface area contributed by atoms with Gasteiger partial charge in [-0.25, -0.2) is 14.2 Å². The van der Waals surface area contributed by atoms with Gasteiger partial charge in [0.15, 0.2) is 0 Å². The summed E-state index contributed by atoms with van der Waals surface area (Å²) in [6.45, 7) is 1.73. The molecule has 138 valence electrons. The number of hydrogen-bond donors (Lipinski definition) is 1. The van der Waals surface area contributed by atoms with Gasteiger partial charge >= 0.3 is 6.18 Å². The predicted molar refractivity (Wildman–Crippen MR) is 84.6 cm³/mol. The van der Waals surface area contributed by atoms with Gasteiger partial charge in [0.1, 0.15) is 5.69 Å². The normalized spacial score (nSPS) is 30.0. The number of likely N-dealkylation sites (tertiary alicyclic amines) is 1. The molecule has 25 heavy (non-hydrogen) atoms. The maximum atomic E-state index is 13.0. The van der Waals surface area contributed by atoms with Gasteiger partial charge in [0.25, 0.3) is 5.91 Å². The highest BCUT2D eigenvalue weighted by Gasteiger charge is 2.48. The summed E-state index contributed by atoms with van der Waals surface area (Å²) in [4.78, 5) is 21.6. The Bertz CT molecular complexity index is 809. The van der Waals surface area contributed by atoms with E-state index in [4.69, 9.17) is 4.78 Å². The first-order valence-electron chi connectivity index (χ1n) is 8.02. The summed E-state index contributed by atoms with van der Waals surface area (Å²) < 4.78 is 59.1. The summed E-state index contributed by atoms with van der Waals surface area (Å²) >= 11 is 0. The first-order chi connectivity index (χ1) is 11.5. The van der Waals surface area contributed by atoms with Crippen molar-refractivity contribution < 1.29 is 22.2 Å². The van der Waals surface area contributed by atoms with E-state index in [0.717, 1.165) is 6.07 Å². The number of nitrogens with one attached hydrogen (secondary N) is 1. The van der Waals surface area contributed by atoms with Crippen molar-refractivity contribution in [3.05, 3.63) is 23.3 Å². The fraction of sp³-hybridized carbons (Fsp3) is 0.667. The van der Waals surface area contributed by atoms with Crippen LogP contribution < -0.4 is 0 Å². The van der Waals surface area contributed by atoms with Crippen LogP contribution in [0.15, 0.2) is 6.07 Å². The third kappa shape index (κ3) is 3.49. The van der Waals surface area contributed by atoms with E-state index in [1.54, 1.807) is 0 Å². The quantitative estimate of drug-likeness (QED) is 0.816. The highest BCUT2D eigenvalue weighted by Crippen LogP contribution is 2.39. The molecule has 0 radical (unpaired) electrons. The Kier molecular flexibility index (Phi) is 4.29. The average molecular weight is 376 g/mol. The Morgan fingerprint density at radius 2 is 2.00 bits per heavy atom. The molecule has 1 spiro atoms. The van der Waals surface area contributed by atoms with E-state index in [9.17, 15) is 22.2 Å². The predicted octanol–water partition coefficient (Wildman–Crippen LogP) is 2.62. The van der Waals surface area contributed by atoms with Crippen molar-refractivity contribution in [2.75, 3.05) is 18.1 Å². The maximum Gasteiger partial charge on any atom is 0.433 e. The molecule has 2 atom stereocenters. The lowest BCUT2D eigenvalue weighted by molar-refractivity contribution is -0.141. The average Bonchev–Trinajstić information content (AvgIpc) is 2.86. The van der Waals surface area contributed by atoms with E-state index in [1.165, 1.54) is 11.8 Å². The number of amides is 1.